The monoisotopic (exact) mass is 273 g/mol. The van der Waals surface area contributed by atoms with Crippen molar-refractivity contribution in [3.05, 3.63) is 24.1 Å². The number of likely N-dealkylation sites (tertiary alicyclic amines) is 1. The largest absolute Gasteiger partial charge is 0.441 e. The summed E-state index contributed by atoms with van der Waals surface area (Å²) in [4.78, 5) is 17.5. The topological polar surface area (TPSA) is 58.4 Å². The number of nitrogens with one attached hydrogen (secondary N) is 1. The molecule has 0 spiro atoms. The number of aryl methyl sites for hydroxylation is 1. The number of anilines is 1. The lowest BCUT2D eigenvalue weighted by molar-refractivity contribution is -0.129. The molecule has 3 rings (SSSR count). The van der Waals surface area contributed by atoms with Crippen LogP contribution >= 0.6 is 0 Å². The van der Waals surface area contributed by atoms with Crippen molar-refractivity contribution in [2.24, 2.45) is 0 Å². The smallest absolute Gasteiger partial charge is 0.219 e. The first-order chi connectivity index (χ1) is 9.61. The Morgan fingerprint density at radius 2 is 2.15 bits per heavy atom. The summed E-state index contributed by atoms with van der Waals surface area (Å²) in [6.45, 7) is 5.15. The molecule has 0 radical (unpaired) electrons. The molecule has 0 bridgehead atoms. The van der Waals surface area contributed by atoms with Gasteiger partial charge >= 0.3 is 0 Å². The highest BCUT2D eigenvalue weighted by Gasteiger charge is 2.20. The zero-order chi connectivity index (χ0) is 14.1. The summed E-state index contributed by atoms with van der Waals surface area (Å²) in [6.07, 6.45) is 1.96. The van der Waals surface area contributed by atoms with Crippen molar-refractivity contribution in [2.45, 2.75) is 32.7 Å². The molecule has 0 aliphatic carbocycles. The van der Waals surface area contributed by atoms with Crippen LogP contribution in [0, 0.1) is 6.92 Å². The number of carbonyl (C=O) groups excluding carboxylic acids is 1. The summed E-state index contributed by atoms with van der Waals surface area (Å²) >= 11 is 0. The van der Waals surface area contributed by atoms with Gasteiger partial charge in [-0.25, -0.2) is 4.98 Å². The van der Waals surface area contributed by atoms with E-state index in [1.807, 2.05) is 30.0 Å². The number of fused-ring (bicyclic) bond motifs is 1. The Morgan fingerprint density at radius 1 is 1.40 bits per heavy atom. The molecule has 1 aromatic carbocycles. The second kappa shape index (κ2) is 5.15. The number of carbonyl (C=O) groups is 1. The lowest BCUT2D eigenvalue weighted by atomic mass is 10.0. The van der Waals surface area contributed by atoms with Crippen LogP contribution < -0.4 is 5.32 Å². The van der Waals surface area contributed by atoms with Gasteiger partial charge in [-0.3, -0.25) is 4.79 Å². The van der Waals surface area contributed by atoms with E-state index in [9.17, 15) is 4.79 Å². The molecule has 1 amide bonds. The number of oxazole rings is 1. The van der Waals surface area contributed by atoms with Crippen LogP contribution in [0.5, 0.6) is 0 Å². The third kappa shape index (κ3) is 2.61. The first-order valence-electron chi connectivity index (χ1n) is 7.01. The van der Waals surface area contributed by atoms with Crippen LogP contribution in [0.15, 0.2) is 22.6 Å². The third-order valence-corrected chi connectivity index (χ3v) is 3.81. The summed E-state index contributed by atoms with van der Waals surface area (Å²) in [5, 5.41) is 3.52. The Bertz CT molecular complexity index is 627. The van der Waals surface area contributed by atoms with E-state index >= 15 is 0 Å². The van der Waals surface area contributed by atoms with Crippen LogP contribution in [0.2, 0.25) is 0 Å². The Morgan fingerprint density at radius 3 is 2.85 bits per heavy atom. The van der Waals surface area contributed by atoms with Gasteiger partial charge in [0.2, 0.25) is 5.91 Å². The van der Waals surface area contributed by atoms with Gasteiger partial charge in [0.15, 0.2) is 11.5 Å². The summed E-state index contributed by atoms with van der Waals surface area (Å²) in [5.41, 5.74) is 2.76. The maximum atomic E-state index is 11.3. The normalized spacial score (nSPS) is 16.6. The van der Waals surface area contributed by atoms with Gasteiger partial charge in [0.25, 0.3) is 0 Å². The zero-order valence-corrected chi connectivity index (χ0v) is 11.8. The standard InChI is InChI=1S/C15H19N3O2/c1-10-16-14-9-13(3-4-15(14)20-10)17-12-5-7-18(8-6-12)11(2)19/h3-4,9,12,17H,5-8H2,1-2H3. The van der Waals surface area contributed by atoms with E-state index in [0.29, 0.717) is 11.9 Å². The van der Waals surface area contributed by atoms with Gasteiger partial charge in [-0.15, -0.1) is 0 Å². The van der Waals surface area contributed by atoms with E-state index < -0.39 is 0 Å². The van der Waals surface area contributed by atoms with Crippen molar-refractivity contribution in [1.82, 2.24) is 9.88 Å². The molecule has 1 aromatic heterocycles. The molecule has 106 valence electrons. The molecule has 0 saturated carbocycles. The summed E-state index contributed by atoms with van der Waals surface area (Å²) in [6, 6.07) is 6.39. The maximum Gasteiger partial charge on any atom is 0.219 e. The van der Waals surface area contributed by atoms with Crippen LogP contribution in [0.3, 0.4) is 0 Å². The number of rotatable bonds is 2. The van der Waals surface area contributed by atoms with Gasteiger partial charge in [-0.05, 0) is 31.0 Å². The molecule has 5 nitrogen and oxygen atoms in total. The Balaban J connectivity index is 1.66. The van der Waals surface area contributed by atoms with Gasteiger partial charge in [-0.2, -0.15) is 0 Å². The van der Waals surface area contributed by atoms with E-state index in [1.165, 1.54) is 0 Å². The SMILES string of the molecule is CC(=O)N1CCC(Nc2ccc3oc(C)nc3c2)CC1. The minimum absolute atomic E-state index is 0.169. The molecule has 1 fully saturated rings. The number of nitrogens with zero attached hydrogens (tertiary/aromatic N) is 2. The minimum atomic E-state index is 0.169. The Hall–Kier alpha value is -2.04. The molecular weight excluding hydrogens is 254 g/mol. The van der Waals surface area contributed by atoms with Gasteiger partial charge in [0.05, 0.1) is 0 Å². The highest BCUT2D eigenvalue weighted by atomic mass is 16.3. The number of hydrogen-bond donors (Lipinski definition) is 1. The van der Waals surface area contributed by atoms with Crippen LogP contribution in [0.1, 0.15) is 25.7 Å². The average Bonchev–Trinajstić information content (AvgIpc) is 2.78. The predicted octanol–water partition coefficient (Wildman–Crippen LogP) is 2.56. The minimum Gasteiger partial charge on any atom is -0.441 e. The van der Waals surface area contributed by atoms with Crippen molar-refractivity contribution in [3.63, 3.8) is 0 Å². The number of aromatic nitrogens is 1. The Kier molecular flexibility index (Phi) is 3.34. The lowest BCUT2D eigenvalue weighted by Crippen LogP contribution is -2.41. The van der Waals surface area contributed by atoms with Crippen molar-refractivity contribution < 1.29 is 9.21 Å². The first kappa shape index (κ1) is 13.0. The molecule has 0 unspecified atom stereocenters. The summed E-state index contributed by atoms with van der Waals surface area (Å²) in [5.74, 6) is 0.856. The molecule has 2 aromatic rings. The van der Waals surface area contributed by atoms with Crippen LogP contribution in [0.25, 0.3) is 11.1 Å². The molecule has 0 atom stereocenters. The summed E-state index contributed by atoms with van der Waals surface area (Å²) in [7, 11) is 0. The second-order valence-electron chi connectivity index (χ2n) is 5.34. The highest BCUT2D eigenvalue weighted by molar-refractivity contribution is 5.77. The third-order valence-electron chi connectivity index (χ3n) is 3.81. The fourth-order valence-corrected chi connectivity index (χ4v) is 2.71. The highest BCUT2D eigenvalue weighted by Crippen LogP contribution is 2.22. The lowest BCUT2D eigenvalue weighted by Gasteiger charge is -2.32. The number of benzene rings is 1. The molecule has 1 aliphatic heterocycles. The first-order valence-corrected chi connectivity index (χ1v) is 7.01. The molecule has 20 heavy (non-hydrogen) atoms. The molecule has 1 saturated heterocycles. The van der Waals surface area contributed by atoms with Crippen molar-refractivity contribution >= 4 is 22.7 Å². The van der Waals surface area contributed by atoms with Crippen molar-refractivity contribution in [2.75, 3.05) is 18.4 Å². The number of piperidine rings is 1. The molecular formula is C15H19N3O2. The van der Waals surface area contributed by atoms with Crippen molar-refractivity contribution in [3.8, 4) is 0 Å². The zero-order valence-electron chi connectivity index (χ0n) is 11.8. The molecule has 1 aliphatic rings. The maximum absolute atomic E-state index is 11.3. The fraction of sp³-hybridized carbons (Fsp3) is 0.467. The van der Waals surface area contributed by atoms with E-state index in [2.05, 4.69) is 10.3 Å². The Labute approximate surface area is 118 Å². The molecule has 2 heterocycles. The van der Waals surface area contributed by atoms with Crippen molar-refractivity contribution in [1.29, 1.82) is 0 Å². The average molecular weight is 273 g/mol. The molecule has 1 N–H and O–H groups in total. The van der Waals surface area contributed by atoms with E-state index in [4.69, 9.17) is 4.42 Å². The summed E-state index contributed by atoms with van der Waals surface area (Å²) < 4.78 is 5.47. The predicted molar refractivity (Wildman–Crippen MR) is 77.6 cm³/mol. The van der Waals surface area contributed by atoms with E-state index in [-0.39, 0.29) is 5.91 Å². The number of amides is 1. The van der Waals surface area contributed by atoms with Crippen LogP contribution in [-0.2, 0) is 4.79 Å². The van der Waals surface area contributed by atoms with E-state index in [0.717, 1.165) is 42.7 Å². The second-order valence-corrected chi connectivity index (χ2v) is 5.34. The van der Waals surface area contributed by atoms with Gasteiger partial charge in [-0.1, -0.05) is 0 Å². The van der Waals surface area contributed by atoms with E-state index in [1.54, 1.807) is 6.92 Å². The quantitative estimate of drug-likeness (QED) is 0.913. The van der Waals surface area contributed by atoms with Gasteiger partial charge < -0.3 is 14.6 Å². The van der Waals surface area contributed by atoms with Gasteiger partial charge in [0.1, 0.15) is 5.52 Å². The van der Waals surface area contributed by atoms with Gasteiger partial charge in [0, 0.05) is 38.7 Å². The molecule has 5 heteroatoms. The van der Waals surface area contributed by atoms with Crippen LogP contribution in [0.4, 0.5) is 5.69 Å². The van der Waals surface area contributed by atoms with Crippen LogP contribution in [-0.4, -0.2) is 34.9 Å². The number of hydrogen-bond acceptors (Lipinski definition) is 4. The fourth-order valence-electron chi connectivity index (χ4n) is 2.71.